The molecule has 1 aromatic rings. The van der Waals surface area contributed by atoms with Crippen LogP contribution in [0.4, 0.5) is 0 Å². The number of esters is 1. The van der Waals surface area contributed by atoms with Crippen LogP contribution in [0.1, 0.15) is 63.0 Å². The van der Waals surface area contributed by atoms with Gasteiger partial charge < -0.3 is 19.9 Å². The van der Waals surface area contributed by atoms with E-state index >= 15 is 0 Å². The van der Waals surface area contributed by atoms with Gasteiger partial charge in [0.15, 0.2) is 11.5 Å². The van der Waals surface area contributed by atoms with E-state index in [-0.39, 0.29) is 18.2 Å². The SMILES string of the molecule is CCCCCCCCC(=O)NCc1cc(OC)c(O)cc1C=CC(=O)OC. The Balaban J connectivity index is 2.64. The topological polar surface area (TPSA) is 84.9 Å². The molecule has 0 spiro atoms. The minimum absolute atomic E-state index is 0.0135. The lowest BCUT2D eigenvalue weighted by Gasteiger charge is -2.12. The second kappa shape index (κ2) is 12.8. The number of amides is 1. The molecule has 0 heterocycles. The molecule has 1 aromatic carbocycles. The number of nitrogens with one attached hydrogen (secondary N) is 1. The number of unbranched alkanes of at least 4 members (excludes halogenated alkanes) is 5. The first-order chi connectivity index (χ1) is 13.0. The zero-order valence-electron chi connectivity index (χ0n) is 16.5. The van der Waals surface area contributed by atoms with Crippen LogP contribution in [0.2, 0.25) is 0 Å². The molecule has 1 amide bonds. The van der Waals surface area contributed by atoms with E-state index in [0.717, 1.165) is 18.4 Å². The Bertz CT molecular complexity index is 640. The first kappa shape index (κ1) is 22.5. The molecule has 0 atom stereocenters. The standard InChI is InChI=1S/C21H31NO5/c1-4-5-6-7-8-9-10-20(24)22-15-17-14-19(26-2)18(23)13-16(17)11-12-21(25)27-3/h11-14,23H,4-10,15H2,1-3H3,(H,22,24). The highest BCUT2D eigenvalue weighted by Crippen LogP contribution is 2.30. The van der Waals surface area contributed by atoms with E-state index in [1.807, 2.05) is 0 Å². The summed E-state index contributed by atoms with van der Waals surface area (Å²) in [6.07, 6.45) is 10.1. The number of phenols is 1. The van der Waals surface area contributed by atoms with Crippen molar-refractivity contribution < 1.29 is 24.2 Å². The van der Waals surface area contributed by atoms with Gasteiger partial charge in [0.1, 0.15) is 0 Å². The number of benzene rings is 1. The van der Waals surface area contributed by atoms with E-state index in [0.29, 0.717) is 17.7 Å². The number of methoxy groups -OCH3 is 2. The summed E-state index contributed by atoms with van der Waals surface area (Å²) in [5.74, 6) is -0.238. The minimum atomic E-state index is -0.497. The van der Waals surface area contributed by atoms with Gasteiger partial charge in [-0.1, -0.05) is 39.0 Å². The van der Waals surface area contributed by atoms with Gasteiger partial charge in [0.05, 0.1) is 14.2 Å². The van der Waals surface area contributed by atoms with Crippen LogP contribution in [0.5, 0.6) is 11.5 Å². The Morgan fingerprint density at radius 3 is 2.48 bits per heavy atom. The predicted octanol–water partition coefficient (Wildman–Crippen LogP) is 3.95. The van der Waals surface area contributed by atoms with Crippen LogP contribution in [-0.2, 0) is 20.9 Å². The summed E-state index contributed by atoms with van der Waals surface area (Å²) in [6, 6.07) is 3.14. The van der Waals surface area contributed by atoms with Crippen LogP contribution < -0.4 is 10.1 Å². The molecule has 0 fully saturated rings. The maximum Gasteiger partial charge on any atom is 0.330 e. The van der Waals surface area contributed by atoms with E-state index in [9.17, 15) is 14.7 Å². The molecule has 0 aliphatic rings. The zero-order chi connectivity index (χ0) is 20.1. The van der Waals surface area contributed by atoms with Gasteiger partial charge in [-0.2, -0.15) is 0 Å². The largest absolute Gasteiger partial charge is 0.504 e. The second-order valence-corrected chi connectivity index (χ2v) is 6.37. The van der Waals surface area contributed by atoms with Gasteiger partial charge in [-0.25, -0.2) is 4.79 Å². The molecule has 0 aromatic heterocycles. The predicted molar refractivity (Wildman–Crippen MR) is 106 cm³/mol. The molecular weight excluding hydrogens is 346 g/mol. The Labute approximate surface area is 161 Å². The maximum absolute atomic E-state index is 12.1. The summed E-state index contributed by atoms with van der Waals surface area (Å²) in [4.78, 5) is 23.4. The number of hydrogen-bond acceptors (Lipinski definition) is 5. The number of ether oxygens (including phenoxy) is 2. The highest BCUT2D eigenvalue weighted by Gasteiger charge is 2.10. The van der Waals surface area contributed by atoms with E-state index in [1.165, 1.54) is 52.0 Å². The molecule has 0 radical (unpaired) electrons. The van der Waals surface area contributed by atoms with Crippen molar-refractivity contribution in [1.29, 1.82) is 0 Å². The first-order valence-electron chi connectivity index (χ1n) is 9.44. The maximum atomic E-state index is 12.1. The Morgan fingerprint density at radius 2 is 1.81 bits per heavy atom. The van der Waals surface area contributed by atoms with Crippen molar-refractivity contribution in [2.45, 2.75) is 58.4 Å². The summed E-state index contributed by atoms with van der Waals surface area (Å²) in [6.45, 7) is 2.46. The lowest BCUT2D eigenvalue weighted by molar-refractivity contribution is -0.134. The fraction of sp³-hybridized carbons (Fsp3) is 0.524. The molecule has 0 aliphatic carbocycles. The highest BCUT2D eigenvalue weighted by atomic mass is 16.5. The molecule has 1 rings (SSSR count). The fourth-order valence-corrected chi connectivity index (χ4v) is 2.67. The number of hydrogen-bond donors (Lipinski definition) is 2. The van der Waals surface area contributed by atoms with E-state index in [2.05, 4.69) is 17.0 Å². The summed E-state index contributed by atoms with van der Waals surface area (Å²) in [5, 5.41) is 12.8. The van der Waals surface area contributed by atoms with Crippen molar-refractivity contribution in [3.05, 3.63) is 29.3 Å². The third-order valence-corrected chi connectivity index (χ3v) is 4.27. The van der Waals surface area contributed by atoms with E-state index in [4.69, 9.17) is 4.74 Å². The van der Waals surface area contributed by atoms with Crippen molar-refractivity contribution in [2.75, 3.05) is 14.2 Å². The summed E-state index contributed by atoms with van der Waals surface area (Å²) >= 11 is 0. The van der Waals surface area contributed by atoms with E-state index in [1.54, 1.807) is 12.1 Å². The smallest absolute Gasteiger partial charge is 0.330 e. The monoisotopic (exact) mass is 377 g/mol. The van der Waals surface area contributed by atoms with Crippen molar-refractivity contribution in [1.82, 2.24) is 5.32 Å². The Morgan fingerprint density at radius 1 is 1.11 bits per heavy atom. The van der Waals surface area contributed by atoms with Crippen LogP contribution >= 0.6 is 0 Å². The normalized spacial score (nSPS) is 10.8. The zero-order valence-corrected chi connectivity index (χ0v) is 16.5. The molecule has 6 heteroatoms. The molecule has 27 heavy (non-hydrogen) atoms. The molecule has 2 N–H and O–H groups in total. The average Bonchev–Trinajstić information content (AvgIpc) is 2.67. The Kier molecular flexibility index (Phi) is 10.7. The number of carbonyl (C=O) groups excluding carboxylic acids is 2. The van der Waals surface area contributed by atoms with Crippen LogP contribution in [0.25, 0.3) is 6.08 Å². The lowest BCUT2D eigenvalue weighted by Crippen LogP contribution is -2.22. The number of phenolic OH excluding ortho intramolecular Hbond substituents is 1. The minimum Gasteiger partial charge on any atom is -0.504 e. The van der Waals surface area contributed by atoms with Gasteiger partial charge in [0.2, 0.25) is 5.91 Å². The fourth-order valence-electron chi connectivity index (χ4n) is 2.67. The van der Waals surface area contributed by atoms with Crippen molar-refractivity contribution in [2.24, 2.45) is 0 Å². The van der Waals surface area contributed by atoms with Crippen molar-refractivity contribution >= 4 is 18.0 Å². The molecule has 0 bridgehead atoms. The molecule has 0 aliphatic heterocycles. The quantitative estimate of drug-likeness (QED) is 0.327. The number of rotatable bonds is 12. The highest BCUT2D eigenvalue weighted by molar-refractivity contribution is 5.87. The third-order valence-electron chi connectivity index (χ3n) is 4.27. The molecule has 0 saturated carbocycles. The lowest BCUT2D eigenvalue weighted by atomic mass is 10.0. The van der Waals surface area contributed by atoms with Crippen LogP contribution in [0, 0.1) is 0 Å². The molecule has 0 saturated heterocycles. The average molecular weight is 377 g/mol. The van der Waals surface area contributed by atoms with Gasteiger partial charge in [-0.3, -0.25) is 4.79 Å². The van der Waals surface area contributed by atoms with Gasteiger partial charge in [-0.05, 0) is 35.8 Å². The molecule has 6 nitrogen and oxygen atoms in total. The van der Waals surface area contributed by atoms with Gasteiger partial charge >= 0.3 is 5.97 Å². The summed E-state index contributed by atoms with van der Waals surface area (Å²) in [5.41, 5.74) is 1.35. The summed E-state index contributed by atoms with van der Waals surface area (Å²) in [7, 11) is 2.75. The van der Waals surface area contributed by atoms with Crippen LogP contribution in [0.3, 0.4) is 0 Å². The summed E-state index contributed by atoms with van der Waals surface area (Å²) < 4.78 is 9.71. The number of carbonyl (C=O) groups is 2. The Hall–Kier alpha value is -2.50. The van der Waals surface area contributed by atoms with Crippen LogP contribution in [0.15, 0.2) is 18.2 Å². The van der Waals surface area contributed by atoms with E-state index < -0.39 is 5.97 Å². The molecule has 0 unspecified atom stereocenters. The van der Waals surface area contributed by atoms with Crippen molar-refractivity contribution in [3.63, 3.8) is 0 Å². The number of aromatic hydroxyl groups is 1. The molecular formula is C21H31NO5. The van der Waals surface area contributed by atoms with Gasteiger partial charge in [-0.15, -0.1) is 0 Å². The van der Waals surface area contributed by atoms with Crippen LogP contribution in [-0.4, -0.2) is 31.2 Å². The second-order valence-electron chi connectivity index (χ2n) is 6.37. The third kappa shape index (κ3) is 8.62. The molecule has 150 valence electrons. The van der Waals surface area contributed by atoms with Gasteiger partial charge in [0, 0.05) is 19.0 Å². The van der Waals surface area contributed by atoms with Gasteiger partial charge in [0.25, 0.3) is 0 Å². The van der Waals surface area contributed by atoms with Crippen molar-refractivity contribution in [3.8, 4) is 11.5 Å². The first-order valence-corrected chi connectivity index (χ1v) is 9.44.